The monoisotopic (exact) mass is 371 g/mol. The number of methoxy groups -OCH3 is 1. The first-order valence-corrected chi connectivity index (χ1v) is 8.98. The lowest BCUT2D eigenvalue weighted by Crippen LogP contribution is -2.33. The Balaban J connectivity index is 1.44. The standard InChI is InChI=1S/C19H22FN5O2/c1-27-16-7-13(20)6-14(8-16)24-18-4-5-25(19(18)26)15-2-3-17(21-11-15)12-9-22-23-10-12/h2-3,6-8,11-12,18,22-24H,4-5,9-10H2,1H3. The van der Waals surface area contributed by atoms with Crippen molar-refractivity contribution in [2.45, 2.75) is 18.4 Å². The highest BCUT2D eigenvalue weighted by Gasteiger charge is 2.33. The van der Waals surface area contributed by atoms with Gasteiger partial charge in [-0.25, -0.2) is 4.39 Å². The van der Waals surface area contributed by atoms with Crippen molar-refractivity contribution in [3.05, 3.63) is 48.0 Å². The Morgan fingerprint density at radius 1 is 1.26 bits per heavy atom. The maximum atomic E-state index is 13.7. The second-order valence-electron chi connectivity index (χ2n) is 6.76. The van der Waals surface area contributed by atoms with E-state index in [1.165, 1.54) is 19.2 Å². The molecule has 1 atom stereocenters. The largest absolute Gasteiger partial charge is 0.497 e. The Kier molecular flexibility index (Phi) is 4.91. The topological polar surface area (TPSA) is 78.5 Å². The molecule has 1 unspecified atom stereocenters. The molecule has 4 rings (SSSR count). The number of carbonyl (C=O) groups excluding carboxylic acids is 1. The van der Waals surface area contributed by atoms with E-state index in [1.807, 2.05) is 12.1 Å². The Morgan fingerprint density at radius 3 is 2.78 bits per heavy atom. The zero-order chi connectivity index (χ0) is 18.8. The summed E-state index contributed by atoms with van der Waals surface area (Å²) in [5, 5.41) is 3.11. The molecule has 0 radical (unpaired) electrons. The van der Waals surface area contributed by atoms with Gasteiger partial charge in [-0.3, -0.25) is 20.6 Å². The van der Waals surface area contributed by atoms with E-state index in [1.54, 1.807) is 17.2 Å². The van der Waals surface area contributed by atoms with E-state index < -0.39 is 11.9 Å². The lowest BCUT2D eigenvalue weighted by molar-refractivity contribution is -0.117. The summed E-state index contributed by atoms with van der Waals surface area (Å²) in [7, 11) is 1.48. The predicted octanol–water partition coefficient (Wildman–Crippen LogP) is 1.64. The molecular weight excluding hydrogens is 349 g/mol. The van der Waals surface area contributed by atoms with E-state index in [4.69, 9.17) is 4.74 Å². The fraction of sp³-hybridized carbons (Fsp3) is 0.368. The molecule has 3 N–H and O–H groups in total. The second-order valence-corrected chi connectivity index (χ2v) is 6.76. The number of aromatic nitrogens is 1. The van der Waals surface area contributed by atoms with Crippen molar-refractivity contribution in [2.75, 3.05) is 37.0 Å². The van der Waals surface area contributed by atoms with Crippen LogP contribution >= 0.6 is 0 Å². The summed E-state index contributed by atoms with van der Waals surface area (Å²) in [6, 6.07) is 7.85. The number of anilines is 2. The van der Waals surface area contributed by atoms with Gasteiger partial charge < -0.3 is 15.0 Å². The van der Waals surface area contributed by atoms with Crippen molar-refractivity contribution in [2.24, 2.45) is 0 Å². The van der Waals surface area contributed by atoms with Crippen molar-refractivity contribution in [3.8, 4) is 5.75 Å². The number of ether oxygens (including phenoxy) is 1. The first-order valence-electron chi connectivity index (χ1n) is 8.98. The van der Waals surface area contributed by atoms with E-state index in [2.05, 4.69) is 21.2 Å². The number of hydrogen-bond acceptors (Lipinski definition) is 6. The van der Waals surface area contributed by atoms with Crippen molar-refractivity contribution in [1.29, 1.82) is 0 Å². The molecule has 2 saturated heterocycles. The van der Waals surface area contributed by atoms with E-state index in [-0.39, 0.29) is 5.91 Å². The van der Waals surface area contributed by atoms with Gasteiger partial charge in [0.05, 0.1) is 19.0 Å². The number of nitrogens with one attached hydrogen (secondary N) is 3. The number of hydrazine groups is 1. The number of hydrogen-bond donors (Lipinski definition) is 3. The zero-order valence-electron chi connectivity index (χ0n) is 15.0. The lowest BCUT2D eigenvalue weighted by atomic mass is 10.1. The molecule has 0 bridgehead atoms. The van der Waals surface area contributed by atoms with E-state index in [0.29, 0.717) is 30.3 Å². The average molecular weight is 371 g/mol. The van der Waals surface area contributed by atoms with Crippen LogP contribution in [-0.4, -0.2) is 43.7 Å². The summed E-state index contributed by atoms with van der Waals surface area (Å²) in [6.45, 7) is 2.28. The molecule has 8 heteroatoms. The van der Waals surface area contributed by atoms with Gasteiger partial charge in [0.15, 0.2) is 0 Å². The summed E-state index contributed by atoms with van der Waals surface area (Å²) in [5.74, 6) is 0.299. The first kappa shape index (κ1) is 17.7. The van der Waals surface area contributed by atoms with Gasteiger partial charge in [-0.1, -0.05) is 0 Å². The first-order chi connectivity index (χ1) is 13.1. The number of halogens is 1. The number of carbonyl (C=O) groups is 1. The minimum Gasteiger partial charge on any atom is -0.497 e. The van der Waals surface area contributed by atoms with Gasteiger partial charge in [0, 0.05) is 49.1 Å². The van der Waals surface area contributed by atoms with Crippen LogP contribution in [0.5, 0.6) is 5.75 Å². The fourth-order valence-corrected chi connectivity index (χ4v) is 3.51. The molecule has 27 heavy (non-hydrogen) atoms. The number of amides is 1. The quantitative estimate of drug-likeness (QED) is 0.742. The van der Waals surface area contributed by atoms with Gasteiger partial charge in [0.1, 0.15) is 17.6 Å². The highest BCUT2D eigenvalue weighted by molar-refractivity contribution is 6.00. The Labute approximate surface area is 156 Å². The fourth-order valence-electron chi connectivity index (χ4n) is 3.51. The van der Waals surface area contributed by atoms with Crippen LogP contribution in [0.2, 0.25) is 0 Å². The third-order valence-electron chi connectivity index (χ3n) is 4.98. The third kappa shape index (κ3) is 3.72. The van der Waals surface area contributed by atoms with Crippen molar-refractivity contribution >= 4 is 17.3 Å². The molecule has 1 amide bonds. The molecule has 2 aromatic rings. The van der Waals surface area contributed by atoms with Crippen LogP contribution < -0.4 is 25.8 Å². The van der Waals surface area contributed by atoms with Crippen LogP contribution in [0.1, 0.15) is 18.0 Å². The summed E-state index contributed by atoms with van der Waals surface area (Å²) >= 11 is 0. The third-order valence-corrected chi connectivity index (χ3v) is 4.98. The molecule has 2 fully saturated rings. The molecule has 142 valence electrons. The smallest absolute Gasteiger partial charge is 0.249 e. The maximum absolute atomic E-state index is 13.7. The normalized spacial score (nSPS) is 20.3. The molecule has 1 aromatic heterocycles. The van der Waals surface area contributed by atoms with E-state index in [0.717, 1.165) is 24.5 Å². The molecule has 0 spiro atoms. The van der Waals surface area contributed by atoms with Gasteiger partial charge in [0.2, 0.25) is 5.91 Å². The summed E-state index contributed by atoms with van der Waals surface area (Å²) in [4.78, 5) is 19.0. The second kappa shape index (κ2) is 7.50. The van der Waals surface area contributed by atoms with Crippen LogP contribution in [0, 0.1) is 5.82 Å². The van der Waals surface area contributed by atoms with Gasteiger partial charge in [-0.15, -0.1) is 0 Å². The Morgan fingerprint density at radius 2 is 2.07 bits per heavy atom. The highest BCUT2D eigenvalue weighted by atomic mass is 19.1. The number of pyridine rings is 1. The van der Waals surface area contributed by atoms with Crippen molar-refractivity contribution in [3.63, 3.8) is 0 Å². The summed E-state index contributed by atoms with van der Waals surface area (Å²) in [5.41, 5.74) is 8.50. The molecule has 1 aromatic carbocycles. The van der Waals surface area contributed by atoms with E-state index in [9.17, 15) is 9.18 Å². The van der Waals surface area contributed by atoms with Gasteiger partial charge >= 0.3 is 0 Å². The molecule has 2 aliphatic heterocycles. The molecule has 0 aliphatic carbocycles. The van der Waals surface area contributed by atoms with Crippen LogP contribution in [0.4, 0.5) is 15.8 Å². The van der Waals surface area contributed by atoms with Gasteiger partial charge in [0.25, 0.3) is 0 Å². The molecular formula is C19H22FN5O2. The molecule has 0 saturated carbocycles. The number of rotatable bonds is 5. The zero-order valence-corrected chi connectivity index (χ0v) is 15.0. The average Bonchev–Trinajstić information content (AvgIpc) is 3.32. The SMILES string of the molecule is COc1cc(F)cc(NC2CCN(c3ccc(C4CNNC4)nc3)C2=O)c1. The van der Waals surface area contributed by atoms with E-state index >= 15 is 0 Å². The van der Waals surface area contributed by atoms with Crippen molar-refractivity contribution < 1.29 is 13.9 Å². The van der Waals surface area contributed by atoms with Crippen LogP contribution in [-0.2, 0) is 4.79 Å². The Hall–Kier alpha value is -2.71. The predicted molar refractivity (Wildman–Crippen MR) is 100 cm³/mol. The Bertz CT molecular complexity index is 823. The maximum Gasteiger partial charge on any atom is 0.249 e. The number of benzene rings is 1. The lowest BCUT2D eigenvalue weighted by Gasteiger charge is -2.18. The van der Waals surface area contributed by atoms with Gasteiger partial charge in [-0.2, -0.15) is 0 Å². The summed E-state index contributed by atoms with van der Waals surface area (Å²) in [6.07, 6.45) is 2.38. The van der Waals surface area contributed by atoms with Crippen LogP contribution in [0.3, 0.4) is 0 Å². The number of nitrogens with zero attached hydrogens (tertiary/aromatic N) is 2. The highest BCUT2D eigenvalue weighted by Crippen LogP contribution is 2.26. The molecule has 2 aliphatic rings. The molecule has 3 heterocycles. The minimum atomic E-state index is -0.408. The van der Waals surface area contributed by atoms with Crippen LogP contribution in [0.15, 0.2) is 36.5 Å². The molecule has 7 nitrogen and oxygen atoms in total. The van der Waals surface area contributed by atoms with Gasteiger partial charge in [-0.05, 0) is 24.6 Å². The minimum absolute atomic E-state index is 0.0445. The summed E-state index contributed by atoms with van der Waals surface area (Å²) < 4.78 is 18.7. The van der Waals surface area contributed by atoms with Crippen LogP contribution in [0.25, 0.3) is 0 Å². The van der Waals surface area contributed by atoms with Crippen molar-refractivity contribution in [1.82, 2.24) is 15.8 Å².